The van der Waals surface area contributed by atoms with Gasteiger partial charge in [-0.2, -0.15) is 0 Å². The highest BCUT2D eigenvalue weighted by Crippen LogP contribution is 2.67. The van der Waals surface area contributed by atoms with Crippen molar-refractivity contribution in [3.63, 3.8) is 0 Å². The van der Waals surface area contributed by atoms with Crippen LogP contribution >= 0.6 is 11.3 Å². The molecule has 5 heteroatoms. The molecule has 4 aliphatic rings. The second kappa shape index (κ2) is 8.78. The first-order chi connectivity index (χ1) is 15.7. The number of ketones is 1. The smallest absolute Gasteiger partial charge is 0.220 e. The second-order valence-electron chi connectivity index (χ2n) is 12.3. The number of nitrogens with one attached hydrogen (secondary N) is 1. The largest absolute Gasteiger partial charge is 0.393 e. The molecule has 33 heavy (non-hydrogen) atoms. The molecule has 5 unspecified atom stereocenters. The van der Waals surface area contributed by atoms with E-state index in [2.05, 4.69) is 32.2 Å². The van der Waals surface area contributed by atoms with E-state index in [-0.39, 0.29) is 28.8 Å². The third-order valence-corrected chi connectivity index (χ3v) is 11.6. The fourth-order valence-corrected chi connectivity index (χ4v) is 9.63. The maximum Gasteiger partial charge on any atom is 0.220 e. The number of rotatable bonds is 5. The lowest BCUT2D eigenvalue weighted by Gasteiger charge is -2.60. The van der Waals surface area contributed by atoms with Gasteiger partial charge in [0, 0.05) is 23.6 Å². The molecule has 1 amide bonds. The molecule has 1 aromatic heterocycles. The lowest BCUT2D eigenvalue weighted by molar-refractivity contribution is -0.161. The van der Waals surface area contributed by atoms with Gasteiger partial charge >= 0.3 is 0 Å². The van der Waals surface area contributed by atoms with Gasteiger partial charge in [0.1, 0.15) is 5.78 Å². The first kappa shape index (κ1) is 23.5. The highest BCUT2D eigenvalue weighted by molar-refractivity contribution is 7.09. The normalized spacial score (nSPS) is 43.3. The number of amides is 1. The van der Waals surface area contributed by atoms with E-state index in [1.165, 1.54) is 11.3 Å². The van der Waals surface area contributed by atoms with E-state index >= 15 is 0 Å². The van der Waals surface area contributed by atoms with Crippen molar-refractivity contribution >= 4 is 23.0 Å². The number of carbonyl (C=O) groups excluding carboxylic acids is 2. The monoisotopic (exact) mass is 471 g/mol. The van der Waals surface area contributed by atoms with Gasteiger partial charge in [-0.15, -0.1) is 11.3 Å². The highest BCUT2D eigenvalue weighted by Gasteiger charge is 2.63. The van der Waals surface area contributed by atoms with Crippen LogP contribution in [0.25, 0.3) is 0 Å². The number of aliphatic hydroxyl groups excluding tert-OH is 1. The van der Waals surface area contributed by atoms with E-state index in [1.807, 2.05) is 11.4 Å². The van der Waals surface area contributed by atoms with Crippen LogP contribution in [0.3, 0.4) is 0 Å². The maximum atomic E-state index is 13.5. The molecule has 5 rings (SSSR count). The molecule has 0 aliphatic heterocycles. The second-order valence-corrected chi connectivity index (χ2v) is 13.3. The Balaban J connectivity index is 1.28. The first-order valence-electron chi connectivity index (χ1n) is 13.2. The summed E-state index contributed by atoms with van der Waals surface area (Å²) in [4.78, 5) is 27.4. The van der Waals surface area contributed by atoms with E-state index in [1.54, 1.807) is 11.3 Å². The van der Waals surface area contributed by atoms with E-state index < -0.39 is 0 Å². The van der Waals surface area contributed by atoms with Crippen molar-refractivity contribution in [3.05, 3.63) is 22.4 Å². The standard InChI is InChI=1S/C28H41NO3S/c1-17(13-25(32)29-16-20-5-4-12-33-20)21-6-7-22-26-23(9-11-28(21,22)3)27(2)10-8-19(30)14-18(27)15-24(26)31/h4-5,12,17-19,21-23,26,30H,6-11,13-16H2,1-3H3,(H,29,32)/t17-,18?,19-,21?,22+,23+,26?,27?,28?/m1/s1. The Hall–Kier alpha value is -1.20. The summed E-state index contributed by atoms with van der Waals surface area (Å²) in [6, 6.07) is 4.09. The van der Waals surface area contributed by atoms with Crippen LogP contribution in [-0.4, -0.2) is 22.9 Å². The van der Waals surface area contributed by atoms with Gasteiger partial charge in [0.05, 0.1) is 12.6 Å². The summed E-state index contributed by atoms with van der Waals surface area (Å²) in [5.74, 6) is 3.00. The number of thiophene rings is 1. The molecular weight excluding hydrogens is 430 g/mol. The molecule has 4 nitrogen and oxygen atoms in total. The van der Waals surface area contributed by atoms with Gasteiger partial charge in [-0.1, -0.05) is 26.8 Å². The van der Waals surface area contributed by atoms with E-state index in [4.69, 9.17) is 0 Å². The van der Waals surface area contributed by atoms with Gasteiger partial charge in [0.15, 0.2) is 0 Å². The summed E-state index contributed by atoms with van der Waals surface area (Å²) in [5.41, 5.74) is 0.381. The molecule has 4 fully saturated rings. The molecule has 182 valence electrons. The number of Topliss-reactive ketones (excluding diaryl/α,β-unsaturated/α-hetero) is 1. The van der Waals surface area contributed by atoms with Crippen LogP contribution in [0.2, 0.25) is 0 Å². The summed E-state index contributed by atoms with van der Waals surface area (Å²) < 4.78 is 0. The minimum atomic E-state index is -0.219. The topological polar surface area (TPSA) is 66.4 Å². The van der Waals surface area contributed by atoms with Crippen molar-refractivity contribution in [3.8, 4) is 0 Å². The van der Waals surface area contributed by atoms with E-state index in [9.17, 15) is 14.7 Å². The minimum absolute atomic E-state index is 0.154. The molecule has 4 aliphatic carbocycles. The van der Waals surface area contributed by atoms with Crippen molar-refractivity contribution in [2.45, 2.75) is 91.2 Å². The molecule has 4 saturated carbocycles. The SMILES string of the molecule is C[C@H](CC(=O)NCc1cccs1)C1CC[C@H]2C3C(=O)CC4C[C@H](O)CCC4(C)[C@H]3CCC12C. The average Bonchev–Trinajstić information content (AvgIpc) is 3.41. The van der Waals surface area contributed by atoms with Crippen LogP contribution in [0.15, 0.2) is 17.5 Å². The number of aliphatic hydroxyl groups is 1. The Kier molecular flexibility index (Phi) is 6.27. The van der Waals surface area contributed by atoms with Crippen molar-refractivity contribution < 1.29 is 14.7 Å². The Morgan fingerprint density at radius 3 is 2.70 bits per heavy atom. The molecule has 9 atom stereocenters. The summed E-state index contributed by atoms with van der Waals surface area (Å²) in [7, 11) is 0. The maximum absolute atomic E-state index is 13.5. The zero-order chi connectivity index (χ0) is 23.4. The van der Waals surface area contributed by atoms with Gasteiger partial charge < -0.3 is 10.4 Å². The molecule has 0 aromatic carbocycles. The predicted octanol–water partition coefficient (Wildman–Crippen LogP) is 5.59. The third-order valence-electron chi connectivity index (χ3n) is 10.7. The van der Waals surface area contributed by atoms with Gasteiger partial charge in [-0.25, -0.2) is 0 Å². The number of carbonyl (C=O) groups is 2. The molecule has 0 bridgehead atoms. The van der Waals surface area contributed by atoms with Gasteiger partial charge in [-0.3, -0.25) is 9.59 Å². The Bertz CT molecular complexity index is 884. The quantitative estimate of drug-likeness (QED) is 0.588. The third kappa shape index (κ3) is 4.01. The molecule has 2 N–H and O–H groups in total. The molecule has 0 radical (unpaired) electrons. The summed E-state index contributed by atoms with van der Waals surface area (Å²) in [5, 5.41) is 15.4. The summed E-state index contributed by atoms with van der Waals surface area (Å²) in [6.07, 6.45) is 8.42. The molecule has 0 spiro atoms. The molecule has 1 heterocycles. The van der Waals surface area contributed by atoms with Gasteiger partial charge in [0.25, 0.3) is 0 Å². The Morgan fingerprint density at radius 2 is 1.94 bits per heavy atom. The predicted molar refractivity (Wildman–Crippen MR) is 132 cm³/mol. The van der Waals surface area contributed by atoms with E-state index in [0.29, 0.717) is 54.8 Å². The zero-order valence-electron chi connectivity index (χ0n) is 20.5. The van der Waals surface area contributed by atoms with Crippen molar-refractivity contribution in [1.82, 2.24) is 5.32 Å². The first-order valence-corrected chi connectivity index (χ1v) is 14.1. The van der Waals surface area contributed by atoms with Crippen molar-refractivity contribution in [1.29, 1.82) is 0 Å². The zero-order valence-corrected chi connectivity index (χ0v) is 21.3. The molecule has 0 saturated heterocycles. The van der Waals surface area contributed by atoms with Crippen LogP contribution < -0.4 is 5.32 Å². The van der Waals surface area contributed by atoms with E-state index in [0.717, 1.165) is 38.5 Å². The van der Waals surface area contributed by atoms with Crippen LogP contribution in [0.5, 0.6) is 0 Å². The van der Waals surface area contributed by atoms with Crippen molar-refractivity contribution in [2.75, 3.05) is 0 Å². The Morgan fingerprint density at radius 1 is 1.18 bits per heavy atom. The number of hydrogen-bond acceptors (Lipinski definition) is 4. The lowest BCUT2D eigenvalue weighted by atomic mass is 9.44. The number of fused-ring (bicyclic) bond motifs is 5. The minimum Gasteiger partial charge on any atom is -0.393 e. The molecule has 1 aromatic rings. The van der Waals surface area contributed by atoms with Crippen LogP contribution in [-0.2, 0) is 16.1 Å². The van der Waals surface area contributed by atoms with Crippen molar-refractivity contribution in [2.24, 2.45) is 46.3 Å². The van der Waals surface area contributed by atoms with Crippen LogP contribution in [0.1, 0.15) is 83.4 Å². The van der Waals surface area contributed by atoms with Crippen LogP contribution in [0.4, 0.5) is 0 Å². The lowest BCUT2D eigenvalue weighted by Crippen LogP contribution is -2.57. The fourth-order valence-electron chi connectivity index (χ4n) is 8.99. The Labute approximate surface area is 202 Å². The van der Waals surface area contributed by atoms with Crippen LogP contribution in [0, 0.1) is 46.3 Å². The molecular formula is C28H41NO3S. The fraction of sp³-hybridized carbons (Fsp3) is 0.786. The summed E-state index contributed by atoms with van der Waals surface area (Å²) in [6.45, 7) is 7.76. The van der Waals surface area contributed by atoms with Gasteiger partial charge in [0.2, 0.25) is 5.91 Å². The number of hydrogen-bond donors (Lipinski definition) is 2. The average molecular weight is 472 g/mol. The summed E-state index contributed by atoms with van der Waals surface area (Å²) >= 11 is 1.68. The highest BCUT2D eigenvalue weighted by atomic mass is 32.1. The van der Waals surface area contributed by atoms with Gasteiger partial charge in [-0.05, 0) is 96.8 Å².